The van der Waals surface area contributed by atoms with Gasteiger partial charge in [0, 0.05) is 18.8 Å². The fourth-order valence-electron chi connectivity index (χ4n) is 3.04. The van der Waals surface area contributed by atoms with Gasteiger partial charge in [-0.25, -0.2) is 4.98 Å². The van der Waals surface area contributed by atoms with Crippen LogP contribution in [0.2, 0.25) is 0 Å². The summed E-state index contributed by atoms with van der Waals surface area (Å²) in [5.74, 6) is 1.25. The molecule has 0 radical (unpaired) electrons. The number of nitrogens with zero attached hydrogens (tertiary/aromatic N) is 3. The molecule has 7 heteroatoms. The number of aromatic nitrogens is 2. The Labute approximate surface area is 178 Å². The molecule has 1 aromatic heterocycles. The number of para-hydroxylation sites is 1. The maximum absolute atomic E-state index is 13.6. The first-order valence-corrected chi connectivity index (χ1v) is 11.1. The second-order valence-corrected chi connectivity index (χ2v) is 9.03. The highest BCUT2D eigenvalue weighted by Gasteiger charge is 2.29. The highest BCUT2D eigenvalue weighted by atomic mass is 32.2. The third-order valence-electron chi connectivity index (χ3n) is 5.06. The number of sulfonamides is 1. The molecule has 3 rings (SSSR count). The zero-order valence-electron chi connectivity index (χ0n) is 17.8. The van der Waals surface area contributed by atoms with Gasteiger partial charge in [-0.2, -0.15) is 8.42 Å². The van der Waals surface area contributed by atoms with E-state index in [4.69, 9.17) is 4.74 Å². The average Bonchev–Trinajstić information content (AvgIpc) is 3.06. The second kappa shape index (κ2) is 8.75. The lowest BCUT2D eigenvalue weighted by atomic mass is 10.1. The van der Waals surface area contributed by atoms with Gasteiger partial charge in [0.05, 0.1) is 12.2 Å². The normalized spacial score (nSPS) is 11.3. The number of hydrogen-bond acceptors (Lipinski definition) is 4. The average molecular weight is 426 g/mol. The summed E-state index contributed by atoms with van der Waals surface area (Å²) in [6.07, 6.45) is 3.20. The summed E-state index contributed by atoms with van der Waals surface area (Å²) >= 11 is 0. The number of anilines is 1. The van der Waals surface area contributed by atoms with E-state index in [9.17, 15) is 8.42 Å². The van der Waals surface area contributed by atoms with Gasteiger partial charge >= 0.3 is 0 Å². The molecule has 0 spiro atoms. The molecule has 0 atom stereocenters. The Morgan fingerprint density at radius 1 is 1.13 bits per heavy atom. The minimum atomic E-state index is -3.90. The lowest BCUT2D eigenvalue weighted by molar-refractivity contribution is 0.359. The highest BCUT2D eigenvalue weighted by Crippen LogP contribution is 2.30. The summed E-state index contributed by atoms with van der Waals surface area (Å²) in [7, 11) is -2.12. The number of hydrogen-bond donors (Lipinski definition) is 0. The van der Waals surface area contributed by atoms with Crippen LogP contribution in [0.1, 0.15) is 22.5 Å². The molecule has 3 aromatic rings. The number of benzene rings is 2. The van der Waals surface area contributed by atoms with E-state index < -0.39 is 10.0 Å². The summed E-state index contributed by atoms with van der Waals surface area (Å²) in [6, 6.07) is 13.1. The predicted molar refractivity (Wildman–Crippen MR) is 119 cm³/mol. The van der Waals surface area contributed by atoms with Crippen molar-refractivity contribution in [3.63, 3.8) is 0 Å². The molecule has 1 heterocycles. The van der Waals surface area contributed by atoms with E-state index >= 15 is 0 Å². The van der Waals surface area contributed by atoms with Crippen LogP contribution in [0.25, 0.3) is 0 Å². The summed E-state index contributed by atoms with van der Waals surface area (Å²) in [4.78, 5) is 4.27. The van der Waals surface area contributed by atoms with Gasteiger partial charge in [0.2, 0.25) is 0 Å². The van der Waals surface area contributed by atoms with Crippen LogP contribution in [0.5, 0.6) is 5.75 Å². The SMILES string of the molecule is C=CCOc1ccccc1CN(c1ccc(C)c(C)c1)S(=O)(=O)c1cn(C)c(C)n1. The molecule has 0 saturated carbocycles. The Kier molecular flexibility index (Phi) is 6.31. The maximum atomic E-state index is 13.6. The summed E-state index contributed by atoms with van der Waals surface area (Å²) in [5, 5.41) is 0.0187. The van der Waals surface area contributed by atoms with Crippen molar-refractivity contribution in [3.05, 3.63) is 83.8 Å². The minimum Gasteiger partial charge on any atom is -0.489 e. The van der Waals surface area contributed by atoms with Crippen LogP contribution >= 0.6 is 0 Å². The van der Waals surface area contributed by atoms with Gasteiger partial charge in [-0.15, -0.1) is 0 Å². The van der Waals surface area contributed by atoms with E-state index in [2.05, 4.69) is 11.6 Å². The molecule has 0 aliphatic carbocycles. The Morgan fingerprint density at radius 2 is 1.87 bits per heavy atom. The standard InChI is InChI=1S/C23H27N3O3S/c1-6-13-29-22-10-8-7-9-20(22)15-26(21-12-11-17(2)18(3)14-21)30(27,28)23-16-25(5)19(4)24-23/h6-12,14,16H,1,13,15H2,2-5H3. The van der Waals surface area contributed by atoms with Crippen molar-refractivity contribution in [1.29, 1.82) is 0 Å². The third-order valence-corrected chi connectivity index (χ3v) is 6.71. The van der Waals surface area contributed by atoms with Crippen molar-refractivity contribution in [2.45, 2.75) is 32.3 Å². The van der Waals surface area contributed by atoms with E-state index in [1.165, 1.54) is 4.31 Å². The molecule has 0 N–H and O–H groups in total. The van der Waals surface area contributed by atoms with E-state index in [0.29, 0.717) is 23.9 Å². The molecule has 0 amide bonds. The Bertz CT molecular complexity index is 1150. The summed E-state index contributed by atoms with van der Waals surface area (Å²) < 4.78 is 36.1. The van der Waals surface area contributed by atoms with Crippen molar-refractivity contribution < 1.29 is 13.2 Å². The van der Waals surface area contributed by atoms with E-state index in [0.717, 1.165) is 16.7 Å². The summed E-state index contributed by atoms with van der Waals surface area (Å²) in [5.41, 5.74) is 3.45. The molecule has 0 saturated heterocycles. The lowest BCUT2D eigenvalue weighted by Crippen LogP contribution is -2.31. The lowest BCUT2D eigenvalue weighted by Gasteiger charge is -2.25. The fourth-order valence-corrected chi connectivity index (χ4v) is 4.50. The van der Waals surface area contributed by atoms with Crippen molar-refractivity contribution in [2.24, 2.45) is 7.05 Å². The minimum absolute atomic E-state index is 0.0187. The topological polar surface area (TPSA) is 64.4 Å². The summed E-state index contributed by atoms with van der Waals surface area (Å²) in [6.45, 7) is 9.88. The van der Waals surface area contributed by atoms with Gasteiger partial charge in [0.1, 0.15) is 18.2 Å². The number of ether oxygens (including phenoxy) is 1. The smallest absolute Gasteiger partial charge is 0.283 e. The molecule has 0 aliphatic heterocycles. The second-order valence-electron chi connectivity index (χ2n) is 7.22. The molecule has 0 bridgehead atoms. The molecule has 0 fully saturated rings. The van der Waals surface area contributed by atoms with Crippen molar-refractivity contribution >= 4 is 15.7 Å². The Hall–Kier alpha value is -3.06. The van der Waals surface area contributed by atoms with Crippen molar-refractivity contribution in [2.75, 3.05) is 10.9 Å². The first-order valence-electron chi connectivity index (χ1n) is 9.65. The van der Waals surface area contributed by atoms with Crippen LogP contribution in [-0.2, 0) is 23.6 Å². The van der Waals surface area contributed by atoms with Crippen LogP contribution in [0, 0.1) is 20.8 Å². The molecular formula is C23H27N3O3S. The number of aryl methyl sites for hydroxylation is 4. The third kappa shape index (κ3) is 4.41. The van der Waals surface area contributed by atoms with Gasteiger partial charge in [-0.1, -0.05) is 36.9 Å². The molecule has 30 heavy (non-hydrogen) atoms. The molecule has 0 aliphatic rings. The van der Waals surface area contributed by atoms with Gasteiger partial charge < -0.3 is 9.30 Å². The quantitative estimate of drug-likeness (QED) is 0.505. The molecule has 6 nitrogen and oxygen atoms in total. The van der Waals surface area contributed by atoms with Crippen LogP contribution < -0.4 is 9.04 Å². The largest absolute Gasteiger partial charge is 0.489 e. The molecule has 2 aromatic carbocycles. The fraction of sp³-hybridized carbons (Fsp3) is 0.261. The van der Waals surface area contributed by atoms with Gasteiger partial charge in [0.15, 0.2) is 5.03 Å². The monoisotopic (exact) mass is 425 g/mol. The van der Waals surface area contributed by atoms with Crippen molar-refractivity contribution in [3.8, 4) is 5.75 Å². The number of imidazole rings is 1. The first-order chi connectivity index (χ1) is 14.2. The van der Waals surface area contributed by atoms with Crippen LogP contribution in [0.3, 0.4) is 0 Å². The molecule has 0 unspecified atom stereocenters. The van der Waals surface area contributed by atoms with E-state index in [1.807, 2.05) is 56.3 Å². The Balaban J connectivity index is 2.11. The van der Waals surface area contributed by atoms with Gasteiger partial charge in [-0.05, 0) is 50.1 Å². The zero-order valence-corrected chi connectivity index (χ0v) is 18.6. The van der Waals surface area contributed by atoms with Gasteiger partial charge in [-0.3, -0.25) is 4.31 Å². The van der Waals surface area contributed by atoms with Crippen molar-refractivity contribution in [1.82, 2.24) is 9.55 Å². The Morgan fingerprint density at radius 3 is 2.50 bits per heavy atom. The van der Waals surface area contributed by atoms with E-state index in [1.54, 1.807) is 30.8 Å². The predicted octanol–water partition coefficient (Wildman–Crippen LogP) is 4.31. The van der Waals surface area contributed by atoms with E-state index in [-0.39, 0.29) is 11.6 Å². The zero-order chi connectivity index (χ0) is 21.9. The number of rotatable bonds is 8. The first kappa shape index (κ1) is 21.6. The van der Waals surface area contributed by atoms with Gasteiger partial charge in [0.25, 0.3) is 10.0 Å². The molecular weight excluding hydrogens is 398 g/mol. The van der Waals surface area contributed by atoms with Crippen LogP contribution in [0.15, 0.2) is 66.3 Å². The highest BCUT2D eigenvalue weighted by molar-refractivity contribution is 7.92. The maximum Gasteiger partial charge on any atom is 0.283 e. The van der Waals surface area contributed by atoms with Crippen LogP contribution in [0.4, 0.5) is 5.69 Å². The molecule has 158 valence electrons. The van der Waals surface area contributed by atoms with Crippen LogP contribution in [-0.4, -0.2) is 24.6 Å².